The number of hydrogen-bond donors (Lipinski definition) is 3. The molecule has 0 radical (unpaired) electrons. The number of imide groups is 1. The SMILES string of the molecule is CCCC(=O)NCC1CCCN(CC(=O)NN2C(=O)NC(C)(CC)C2=O)C1. The van der Waals surface area contributed by atoms with Crippen LogP contribution in [0.5, 0.6) is 0 Å². The van der Waals surface area contributed by atoms with Gasteiger partial charge in [-0.25, -0.2) is 4.79 Å². The number of carbonyl (C=O) groups is 4. The largest absolute Gasteiger partial charge is 0.356 e. The van der Waals surface area contributed by atoms with Crippen LogP contribution in [0.25, 0.3) is 0 Å². The molecule has 9 heteroatoms. The molecule has 2 fully saturated rings. The van der Waals surface area contributed by atoms with Crippen LogP contribution in [0.4, 0.5) is 4.79 Å². The van der Waals surface area contributed by atoms with E-state index in [0.717, 1.165) is 30.8 Å². The second-order valence-electron chi connectivity index (χ2n) is 7.59. The molecule has 0 bridgehead atoms. The molecule has 0 aliphatic carbocycles. The van der Waals surface area contributed by atoms with Gasteiger partial charge in [0.1, 0.15) is 5.54 Å². The summed E-state index contributed by atoms with van der Waals surface area (Å²) < 4.78 is 0. The average molecular weight is 381 g/mol. The zero-order valence-electron chi connectivity index (χ0n) is 16.5. The lowest BCUT2D eigenvalue weighted by Gasteiger charge is -2.32. The lowest BCUT2D eigenvalue weighted by Crippen LogP contribution is -2.52. The lowest BCUT2D eigenvalue weighted by molar-refractivity contribution is -0.139. The molecule has 0 saturated carbocycles. The van der Waals surface area contributed by atoms with Gasteiger partial charge in [-0.05, 0) is 45.1 Å². The van der Waals surface area contributed by atoms with Gasteiger partial charge in [0.25, 0.3) is 11.8 Å². The highest BCUT2D eigenvalue weighted by atomic mass is 16.2. The van der Waals surface area contributed by atoms with Crippen molar-refractivity contribution >= 4 is 23.8 Å². The molecule has 2 aliphatic rings. The fraction of sp³-hybridized carbons (Fsp3) is 0.778. The molecule has 3 N–H and O–H groups in total. The average Bonchev–Trinajstić information content (AvgIpc) is 2.84. The van der Waals surface area contributed by atoms with Gasteiger partial charge in [-0.3, -0.25) is 24.7 Å². The zero-order valence-corrected chi connectivity index (χ0v) is 16.5. The Morgan fingerprint density at radius 2 is 2.00 bits per heavy atom. The van der Waals surface area contributed by atoms with E-state index in [1.54, 1.807) is 13.8 Å². The molecular weight excluding hydrogens is 350 g/mol. The molecule has 2 saturated heterocycles. The molecular formula is C18H31N5O4. The van der Waals surface area contributed by atoms with E-state index in [4.69, 9.17) is 0 Å². The molecule has 2 aliphatic heterocycles. The minimum Gasteiger partial charge on any atom is -0.356 e. The van der Waals surface area contributed by atoms with Crippen LogP contribution in [0.3, 0.4) is 0 Å². The van der Waals surface area contributed by atoms with E-state index in [0.29, 0.717) is 31.8 Å². The third kappa shape index (κ3) is 5.41. The number of carbonyl (C=O) groups excluding carboxylic acids is 4. The second-order valence-corrected chi connectivity index (χ2v) is 7.59. The first-order chi connectivity index (χ1) is 12.8. The van der Waals surface area contributed by atoms with E-state index in [2.05, 4.69) is 16.1 Å². The van der Waals surface area contributed by atoms with Crippen LogP contribution in [0.15, 0.2) is 0 Å². The summed E-state index contributed by atoms with van der Waals surface area (Å²) in [6.07, 6.45) is 3.75. The first-order valence-electron chi connectivity index (χ1n) is 9.74. The van der Waals surface area contributed by atoms with Crippen molar-refractivity contribution in [2.75, 3.05) is 26.2 Å². The summed E-state index contributed by atoms with van der Waals surface area (Å²) in [7, 11) is 0. The maximum absolute atomic E-state index is 12.3. The standard InChI is InChI=1S/C18H31N5O4/c1-4-7-14(24)19-10-13-8-6-9-22(11-13)12-15(25)21-23-16(26)18(3,5-2)20-17(23)27/h13H,4-12H2,1-3H3,(H,19,24)(H,20,27)(H,21,25). The van der Waals surface area contributed by atoms with Gasteiger partial charge in [-0.2, -0.15) is 5.01 Å². The third-order valence-corrected chi connectivity index (χ3v) is 5.24. The van der Waals surface area contributed by atoms with Gasteiger partial charge in [0.2, 0.25) is 5.91 Å². The van der Waals surface area contributed by atoms with Crippen LogP contribution >= 0.6 is 0 Å². The molecule has 0 aromatic heterocycles. The minimum atomic E-state index is -0.975. The van der Waals surface area contributed by atoms with Crippen LogP contribution in [0, 0.1) is 5.92 Å². The van der Waals surface area contributed by atoms with Gasteiger partial charge in [0, 0.05) is 19.5 Å². The normalized spacial score (nSPS) is 26.0. The molecule has 2 heterocycles. The molecule has 2 rings (SSSR count). The van der Waals surface area contributed by atoms with E-state index in [1.165, 1.54) is 0 Å². The van der Waals surface area contributed by atoms with E-state index in [1.807, 2.05) is 11.8 Å². The van der Waals surface area contributed by atoms with Crippen molar-refractivity contribution in [2.24, 2.45) is 5.92 Å². The Hall–Kier alpha value is -2.16. The van der Waals surface area contributed by atoms with Crippen LogP contribution in [0.2, 0.25) is 0 Å². The number of amides is 5. The molecule has 5 amide bonds. The van der Waals surface area contributed by atoms with Crippen molar-refractivity contribution in [1.82, 2.24) is 26.0 Å². The number of hydrogen-bond acceptors (Lipinski definition) is 5. The van der Waals surface area contributed by atoms with Gasteiger partial charge in [-0.1, -0.05) is 13.8 Å². The molecule has 152 valence electrons. The Labute approximate surface area is 160 Å². The quantitative estimate of drug-likeness (QED) is 0.526. The smallest absolute Gasteiger partial charge is 0.344 e. The van der Waals surface area contributed by atoms with Gasteiger partial charge < -0.3 is 10.6 Å². The second kappa shape index (κ2) is 9.16. The summed E-state index contributed by atoms with van der Waals surface area (Å²) >= 11 is 0. The van der Waals surface area contributed by atoms with Crippen molar-refractivity contribution in [3.8, 4) is 0 Å². The molecule has 27 heavy (non-hydrogen) atoms. The van der Waals surface area contributed by atoms with E-state index >= 15 is 0 Å². The Balaban J connectivity index is 1.81. The molecule has 9 nitrogen and oxygen atoms in total. The predicted octanol–water partition coefficient (Wildman–Crippen LogP) is 0.366. The summed E-state index contributed by atoms with van der Waals surface area (Å²) in [4.78, 5) is 50.2. The highest BCUT2D eigenvalue weighted by Gasteiger charge is 2.47. The maximum atomic E-state index is 12.3. The number of nitrogens with one attached hydrogen (secondary N) is 3. The van der Waals surface area contributed by atoms with Gasteiger partial charge in [0.15, 0.2) is 0 Å². The van der Waals surface area contributed by atoms with Gasteiger partial charge >= 0.3 is 6.03 Å². The summed E-state index contributed by atoms with van der Waals surface area (Å²) in [5.41, 5.74) is 1.44. The monoisotopic (exact) mass is 381 g/mol. The minimum absolute atomic E-state index is 0.0601. The fourth-order valence-corrected chi connectivity index (χ4v) is 3.42. The van der Waals surface area contributed by atoms with Gasteiger partial charge in [0.05, 0.1) is 6.54 Å². The van der Waals surface area contributed by atoms with Crippen molar-refractivity contribution in [3.05, 3.63) is 0 Å². The van der Waals surface area contributed by atoms with E-state index < -0.39 is 23.4 Å². The summed E-state index contributed by atoms with van der Waals surface area (Å²) in [6.45, 7) is 7.61. The number of likely N-dealkylation sites (tertiary alicyclic amines) is 1. The number of urea groups is 1. The molecule has 2 unspecified atom stereocenters. The number of nitrogens with zero attached hydrogens (tertiary/aromatic N) is 2. The molecule has 0 spiro atoms. The predicted molar refractivity (Wildman–Crippen MR) is 99.3 cm³/mol. The summed E-state index contributed by atoms with van der Waals surface area (Å²) in [5, 5.41) is 6.32. The Bertz CT molecular complexity index is 596. The fourth-order valence-electron chi connectivity index (χ4n) is 3.42. The highest BCUT2D eigenvalue weighted by Crippen LogP contribution is 2.19. The number of piperidine rings is 1. The van der Waals surface area contributed by atoms with Crippen molar-refractivity contribution < 1.29 is 19.2 Å². The Morgan fingerprint density at radius 1 is 1.26 bits per heavy atom. The molecule has 0 aromatic rings. The molecule has 2 atom stereocenters. The molecule has 0 aromatic carbocycles. The summed E-state index contributed by atoms with van der Waals surface area (Å²) in [5.74, 6) is -0.481. The lowest BCUT2D eigenvalue weighted by atomic mass is 9.98. The van der Waals surface area contributed by atoms with Crippen molar-refractivity contribution in [2.45, 2.75) is 58.4 Å². The Morgan fingerprint density at radius 3 is 2.63 bits per heavy atom. The first kappa shape index (κ1) is 21.1. The number of rotatable bonds is 8. The highest BCUT2D eigenvalue weighted by molar-refractivity contribution is 6.07. The van der Waals surface area contributed by atoms with Crippen LogP contribution in [-0.4, -0.2) is 65.4 Å². The topological polar surface area (TPSA) is 111 Å². The Kier molecular flexibility index (Phi) is 7.18. The van der Waals surface area contributed by atoms with Crippen LogP contribution in [0.1, 0.15) is 52.9 Å². The maximum Gasteiger partial charge on any atom is 0.344 e. The van der Waals surface area contributed by atoms with Crippen molar-refractivity contribution in [1.29, 1.82) is 0 Å². The first-order valence-corrected chi connectivity index (χ1v) is 9.74. The summed E-state index contributed by atoms with van der Waals surface area (Å²) in [6, 6.07) is -0.604. The van der Waals surface area contributed by atoms with E-state index in [9.17, 15) is 19.2 Å². The third-order valence-electron chi connectivity index (χ3n) is 5.24. The van der Waals surface area contributed by atoms with Crippen LogP contribution in [-0.2, 0) is 14.4 Å². The van der Waals surface area contributed by atoms with E-state index in [-0.39, 0.29) is 12.5 Å². The van der Waals surface area contributed by atoms with Crippen LogP contribution < -0.4 is 16.1 Å². The van der Waals surface area contributed by atoms with Crippen molar-refractivity contribution in [3.63, 3.8) is 0 Å². The van der Waals surface area contributed by atoms with Gasteiger partial charge in [-0.15, -0.1) is 0 Å². The zero-order chi connectivity index (χ0) is 20.0. The number of hydrazine groups is 1.